The van der Waals surface area contributed by atoms with Crippen LogP contribution in [0.1, 0.15) is 50.4 Å². The van der Waals surface area contributed by atoms with E-state index in [0.29, 0.717) is 44.2 Å². The van der Waals surface area contributed by atoms with E-state index in [-0.39, 0.29) is 31.7 Å². The molecule has 0 bridgehead atoms. The number of rotatable bonds is 6. The van der Waals surface area contributed by atoms with Crippen LogP contribution in [0.15, 0.2) is 30.3 Å². The quantitative estimate of drug-likeness (QED) is 0.492. The van der Waals surface area contributed by atoms with E-state index < -0.39 is 23.8 Å². The normalized spacial score (nSPS) is 20.8. The Morgan fingerprint density at radius 1 is 1.05 bits per heavy atom. The fraction of sp³-hybridized carbons (Fsp3) is 0.581. The molecule has 2 aromatic rings. The Bertz CT molecular complexity index is 1340. The van der Waals surface area contributed by atoms with Gasteiger partial charge in [0.05, 0.1) is 24.9 Å². The van der Waals surface area contributed by atoms with Gasteiger partial charge in [0.15, 0.2) is 0 Å². The first kappa shape index (κ1) is 30.4. The summed E-state index contributed by atoms with van der Waals surface area (Å²) in [6, 6.07) is 11.8. The number of fused-ring (bicyclic) bond motifs is 1. The van der Waals surface area contributed by atoms with Gasteiger partial charge in [0.2, 0.25) is 0 Å². The maximum Gasteiger partial charge on any atom is 0.410 e. The predicted molar refractivity (Wildman–Crippen MR) is 158 cm³/mol. The average Bonchev–Trinajstić information content (AvgIpc) is 3.41. The van der Waals surface area contributed by atoms with Crippen LogP contribution in [0.4, 0.5) is 15.4 Å². The number of likely N-dealkylation sites (tertiary alicyclic amines) is 1. The van der Waals surface area contributed by atoms with E-state index in [1.165, 1.54) is 0 Å². The van der Waals surface area contributed by atoms with Crippen LogP contribution >= 0.6 is 0 Å². The molecule has 1 aromatic carbocycles. The van der Waals surface area contributed by atoms with E-state index in [9.17, 15) is 14.9 Å². The lowest BCUT2D eigenvalue weighted by molar-refractivity contribution is 0.0226. The number of piperazine rings is 1. The van der Waals surface area contributed by atoms with Crippen molar-refractivity contribution in [2.75, 3.05) is 51.3 Å². The number of anilines is 1. The molecule has 2 amide bonds. The lowest BCUT2D eigenvalue weighted by Gasteiger charge is -2.40. The van der Waals surface area contributed by atoms with Gasteiger partial charge in [-0.25, -0.2) is 9.59 Å². The van der Waals surface area contributed by atoms with Crippen molar-refractivity contribution < 1.29 is 23.8 Å². The van der Waals surface area contributed by atoms with Crippen molar-refractivity contribution in [1.29, 1.82) is 5.26 Å². The molecule has 2 unspecified atom stereocenters. The maximum atomic E-state index is 13.0. The Kier molecular flexibility index (Phi) is 9.20. The molecule has 12 nitrogen and oxygen atoms in total. The van der Waals surface area contributed by atoms with Crippen LogP contribution in [0.3, 0.4) is 0 Å². The smallest absolute Gasteiger partial charge is 0.410 e. The summed E-state index contributed by atoms with van der Waals surface area (Å²) in [6.07, 6.45) is 1.81. The van der Waals surface area contributed by atoms with Gasteiger partial charge in [-0.2, -0.15) is 15.2 Å². The molecule has 0 spiro atoms. The molecule has 0 aliphatic carbocycles. The molecule has 3 aliphatic rings. The third-order valence-electron chi connectivity index (χ3n) is 8.02. The molecule has 3 aliphatic heterocycles. The zero-order valence-corrected chi connectivity index (χ0v) is 25.5. The van der Waals surface area contributed by atoms with Gasteiger partial charge < -0.3 is 33.8 Å². The minimum absolute atomic E-state index is 0.186. The molecule has 2 fully saturated rings. The summed E-state index contributed by atoms with van der Waals surface area (Å²) in [6.45, 7) is 8.76. The highest BCUT2D eigenvalue weighted by Crippen LogP contribution is 2.32. The monoisotopic (exact) mass is 591 g/mol. The van der Waals surface area contributed by atoms with Crippen LogP contribution in [-0.2, 0) is 29.0 Å². The number of ether oxygens (including phenoxy) is 3. The summed E-state index contributed by atoms with van der Waals surface area (Å²) in [5.41, 5.74) is 1.84. The second-order valence-corrected chi connectivity index (χ2v) is 12.3. The van der Waals surface area contributed by atoms with Gasteiger partial charge in [-0.3, -0.25) is 0 Å². The van der Waals surface area contributed by atoms with Gasteiger partial charge in [-0.15, -0.1) is 0 Å². The van der Waals surface area contributed by atoms with Gasteiger partial charge in [0.1, 0.15) is 30.7 Å². The Hall–Kier alpha value is -4.11. The fourth-order valence-corrected chi connectivity index (χ4v) is 5.66. The van der Waals surface area contributed by atoms with Crippen LogP contribution in [0, 0.1) is 11.3 Å². The van der Waals surface area contributed by atoms with E-state index in [1.807, 2.05) is 56.0 Å². The Labute approximate surface area is 253 Å². The summed E-state index contributed by atoms with van der Waals surface area (Å²) in [5.74, 6) is 0.618. The van der Waals surface area contributed by atoms with E-state index in [0.717, 1.165) is 30.5 Å². The summed E-state index contributed by atoms with van der Waals surface area (Å²) in [5, 5.41) is 10.2. The number of hydrogen-bond donors (Lipinski definition) is 0. The van der Waals surface area contributed by atoms with Gasteiger partial charge in [-0.1, -0.05) is 30.3 Å². The molecule has 2 saturated heterocycles. The minimum atomic E-state index is -0.636. The van der Waals surface area contributed by atoms with Crippen molar-refractivity contribution >= 4 is 18.0 Å². The largest absolute Gasteiger partial charge is 0.462 e. The number of hydrogen-bond acceptors (Lipinski definition) is 10. The molecular weight excluding hydrogens is 550 g/mol. The van der Waals surface area contributed by atoms with E-state index in [2.05, 4.69) is 18.0 Å². The molecular formula is C31H41N7O5. The van der Waals surface area contributed by atoms with Crippen LogP contribution in [0.5, 0.6) is 6.01 Å². The zero-order valence-electron chi connectivity index (χ0n) is 25.5. The number of benzene rings is 1. The molecule has 2 atom stereocenters. The van der Waals surface area contributed by atoms with E-state index >= 15 is 0 Å². The number of amides is 2. The molecule has 0 N–H and O–H groups in total. The lowest BCUT2D eigenvalue weighted by Crippen LogP contribution is -2.56. The number of nitrogens with zero attached hydrogens (tertiary/aromatic N) is 7. The first-order chi connectivity index (χ1) is 20.6. The topological polar surface area (TPSA) is 124 Å². The Morgan fingerprint density at radius 3 is 2.53 bits per heavy atom. The van der Waals surface area contributed by atoms with Crippen LogP contribution in [0.25, 0.3) is 0 Å². The van der Waals surface area contributed by atoms with Crippen LogP contribution in [0.2, 0.25) is 0 Å². The highest BCUT2D eigenvalue weighted by Gasteiger charge is 2.36. The molecule has 0 radical (unpaired) electrons. The third-order valence-corrected chi connectivity index (χ3v) is 8.02. The Morgan fingerprint density at radius 2 is 1.84 bits per heavy atom. The Balaban J connectivity index is 1.36. The van der Waals surface area contributed by atoms with Crippen molar-refractivity contribution in [3.05, 3.63) is 47.2 Å². The van der Waals surface area contributed by atoms with Crippen molar-refractivity contribution in [3.63, 3.8) is 0 Å². The summed E-state index contributed by atoms with van der Waals surface area (Å²) < 4.78 is 17.3. The van der Waals surface area contributed by atoms with Gasteiger partial charge in [-0.05, 0) is 59.2 Å². The van der Waals surface area contributed by atoms with Crippen molar-refractivity contribution in [3.8, 4) is 12.1 Å². The summed E-state index contributed by atoms with van der Waals surface area (Å²) >= 11 is 0. The van der Waals surface area contributed by atoms with Crippen LogP contribution in [-0.4, -0.2) is 101 Å². The number of likely N-dealkylation sites (N-methyl/N-ethyl adjacent to an activating group) is 1. The van der Waals surface area contributed by atoms with Crippen molar-refractivity contribution in [1.82, 2.24) is 24.7 Å². The van der Waals surface area contributed by atoms with Gasteiger partial charge in [0.25, 0.3) is 0 Å². The number of carbonyl (C=O) groups is 2. The maximum absolute atomic E-state index is 13.0. The van der Waals surface area contributed by atoms with E-state index in [1.54, 1.807) is 9.80 Å². The standard InChI is InChI=1S/C31H41N7O5/c1-31(2,3)43-30(40)37-15-16-38(24(17-32)18-37)27-25-12-14-36(29(39)42-20-22-9-6-5-7-10-22)19-26(25)33-28(34-27)41-21-23-11-8-13-35(23)4/h5-7,9-10,23-24H,8,11-16,18-21H2,1-4H3. The molecule has 230 valence electrons. The minimum Gasteiger partial charge on any atom is -0.462 e. The molecule has 43 heavy (non-hydrogen) atoms. The van der Waals surface area contributed by atoms with Crippen LogP contribution < -0.4 is 9.64 Å². The molecule has 4 heterocycles. The fourth-order valence-electron chi connectivity index (χ4n) is 5.66. The molecule has 1 aromatic heterocycles. The SMILES string of the molecule is CN1CCCC1COc1nc2c(c(N3CCN(C(=O)OC(C)(C)C)CC3C#N)n1)CCN(C(=O)OCc1ccccc1)C2. The number of aromatic nitrogens is 2. The summed E-state index contributed by atoms with van der Waals surface area (Å²) in [4.78, 5) is 42.7. The molecule has 12 heteroatoms. The van der Waals surface area contributed by atoms with Gasteiger partial charge in [0, 0.05) is 31.2 Å². The highest BCUT2D eigenvalue weighted by atomic mass is 16.6. The first-order valence-electron chi connectivity index (χ1n) is 14.9. The second-order valence-electron chi connectivity index (χ2n) is 12.3. The average molecular weight is 592 g/mol. The van der Waals surface area contributed by atoms with Crippen molar-refractivity contribution in [2.45, 2.75) is 70.9 Å². The number of carbonyl (C=O) groups excluding carboxylic acids is 2. The van der Waals surface area contributed by atoms with Gasteiger partial charge >= 0.3 is 18.2 Å². The third kappa shape index (κ3) is 7.46. The number of nitriles is 1. The van der Waals surface area contributed by atoms with E-state index in [4.69, 9.17) is 24.2 Å². The molecule has 5 rings (SSSR count). The molecule has 0 saturated carbocycles. The summed E-state index contributed by atoms with van der Waals surface area (Å²) in [7, 11) is 2.08. The second kappa shape index (κ2) is 13.0. The van der Waals surface area contributed by atoms with Crippen molar-refractivity contribution in [2.24, 2.45) is 0 Å². The highest BCUT2D eigenvalue weighted by molar-refractivity contribution is 5.70. The first-order valence-corrected chi connectivity index (χ1v) is 14.9. The predicted octanol–water partition coefficient (Wildman–Crippen LogP) is 3.59. The zero-order chi connectivity index (χ0) is 30.6. The lowest BCUT2D eigenvalue weighted by atomic mass is 10.0.